The lowest BCUT2D eigenvalue weighted by Gasteiger charge is -2.41. The molecule has 3 heterocycles. The van der Waals surface area contributed by atoms with Crippen molar-refractivity contribution in [3.8, 4) is 0 Å². The first-order chi connectivity index (χ1) is 13.8. The van der Waals surface area contributed by atoms with Crippen molar-refractivity contribution in [2.24, 2.45) is 4.99 Å². The van der Waals surface area contributed by atoms with Crippen molar-refractivity contribution in [2.75, 3.05) is 19.5 Å². The average molecular weight is 416 g/mol. The summed E-state index contributed by atoms with van der Waals surface area (Å²) in [5.41, 5.74) is 5.16. The molecule has 0 bridgehead atoms. The van der Waals surface area contributed by atoms with Gasteiger partial charge in [0.15, 0.2) is 12.2 Å². The van der Waals surface area contributed by atoms with Crippen LogP contribution in [0.2, 0.25) is 0 Å². The van der Waals surface area contributed by atoms with E-state index in [4.69, 9.17) is 16.6 Å². The molecule has 0 saturated carbocycles. The highest BCUT2D eigenvalue weighted by Crippen LogP contribution is 2.38. The van der Waals surface area contributed by atoms with Crippen LogP contribution in [0.3, 0.4) is 0 Å². The molecule has 0 N–H and O–H groups in total. The number of hydrogen-bond donors (Lipinski definition) is 0. The molecule has 2 unspecified atom stereocenters. The summed E-state index contributed by atoms with van der Waals surface area (Å²) in [4.78, 5) is 38.2. The number of allylic oxidation sites excluding steroid dienone is 2. The van der Waals surface area contributed by atoms with Crippen LogP contribution in [0.1, 0.15) is 30.5 Å². The van der Waals surface area contributed by atoms with Gasteiger partial charge in [0.2, 0.25) is 5.96 Å². The Morgan fingerprint density at radius 1 is 1.07 bits per heavy atom. The summed E-state index contributed by atoms with van der Waals surface area (Å²) in [6, 6.07) is 5.22. The number of halogens is 1. The number of alkyl halides is 1. The first kappa shape index (κ1) is 19.8. The van der Waals surface area contributed by atoms with Gasteiger partial charge in [-0.05, 0) is 38.8 Å². The zero-order valence-corrected chi connectivity index (χ0v) is 18.2. The molecule has 7 nitrogen and oxygen atoms in total. The average Bonchev–Trinajstić information content (AvgIpc) is 3.18. The number of urea groups is 1. The van der Waals surface area contributed by atoms with Crippen molar-refractivity contribution in [1.82, 2.24) is 19.6 Å². The highest BCUT2D eigenvalue weighted by atomic mass is 35.5. The van der Waals surface area contributed by atoms with Gasteiger partial charge in [0, 0.05) is 30.9 Å². The van der Waals surface area contributed by atoms with Crippen molar-refractivity contribution < 1.29 is 9.59 Å². The molecule has 0 aromatic heterocycles. The maximum atomic E-state index is 13.5. The second-order valence-electron chi connectivity index (χ2n) is 7.92. The molecule has 3 amide bonds. The predicted octanol–water partition coefficient (Wildman–Crippen LogP) is 2.87. The van der Waals surface area contributed by atoms with Crippen molar-refractivity contribution >= 4 is 29.5 Å². The Balaban J connectivity index is 1.69. The highest BCUT2D eigenvalue weighted by Gasteiger charge is 2.55. The largest absolute Gasteiger partial charge is 0.328 e. The lowest BCUT2D eigenvalue weighted by molar-refractivity contribution is -0.137. The van der Waals surface area contributed by atoms with Crippen molar-refractivity contribution in [3.63, 3.8) is 0 Å². The van der Waals surface area contributed by atoms with E-state index in [9.17, 15) is 9.59 Å². The normalized spacial score (nSPS) is 23.9. The second-order valence-corrected chi connectivity index (χ2v) is 8.29. The molecule has 29 heavy (non-hydrogen) atoms. The van der Waals surface area contributed by atoms with Crippen LogP contribution >= 0.6 is 11.6 Å². The van der Waals surface area contributed by atoms with E-state index in [0.717, 1.165) is 28.1 Å². The third kappa shape index (κ3) is 2.90. The Morgan fingerprint density at radius 3 is 2.48 bits per heavy atom. The Hall–Kier alpha value is -2.54. The topological polar surface area (TPSA) is 59.5 Å². The third-order valence-corrected chi connectivity index (χ3v) is 6.31. The third-order valence-electron chi connectivity index (χ3n) is 6.14. The summed E-state index contributed by atoms with van der Waals surface area (Å²) in [6.45, 7) is 8.87. The van der Waals surface area contributed by atoms with Crippen LogP contribution in [0.25, 0.3) is 0 Å². The molecular formula is C21H26ClN5O2. The number of hydrogen-bond acceptors (Lipinski definition) is 5. The minimum Gasteiger partial charge on any atom is -0.313 e. The van der Waals surface area contributed by atoms with E-state index in [0.29, 0.717) is 18.4 Å². The molecule has 1 fully saturated rings. The van der Waals surface area contributed by atoms with Gasteiger partial charge in [-0.25, -0.2) is 9.79 Å². The number of likely N-dealkylation sites (N-methyl/N-ethyl adjacent to an activating group) is 1. The van der Waals surface area contributed by atoms with Crippen LogP contribution in [0.5, 0.6) is 0 Å². The fraction of sp³-hybridized carbons (Fsp3) is 0.476. The summed E-state index contributed by atoms with van der Waals surface area (Å²) < 4.78 is 0. The number of amides is 3. The SMILES string of the molecule is CC1=C(C)N2C(=NC3C2C(=O)N(Cc2cc(C)ccc2C)C(=O)N3C)N1CCCl. The van der Waals surface area contributed by atoms with Crippen LogP contribution in [0.15, 0.2) is 34.6 Å². The lowest BCUT2D eigenvalue weighted by atomic mass is 10.0. The first-order valence-electron chi connectivity index (χ1n) is 9.78. The number of nitrogens with zero attached hydrogens (tertiary/aromatic N) is 5. The Kier molecular flexibility index (Phi) is 4.81. The number of imide groups is 1. The molecule has 3 aliphatic heterocycles. The fourth-order valence-corrected chi connectivity index (χ4v) is 4.49. The molecule has 4 rings (SSSR count). The molecule has 154 valence electrons. The van der Waals surface area contributed by atoms with Gasteiger partial charge in [0.1, 0.15) is 0 Å². The molecule has 1 saturated heterocycles. The molecule has 0 spiro atoms. The smallest absolute Gasteiger partial charge is 0.313 e. The number of aliphatic imine (C=N–C) groups is 1. The second kappa shape index (κ2) is 7.06. The zero-order chi connectivity index (χ0) is 21.0. The maximum absolute atomic E-state index is 13.5. The molecular weight excluding hydrogens is 390 g/mol. The van der Waals surface area contributed by atoms with Gasteiger partial charge in [-0.2, -0.15) is 0 Å². The Labute approximate surface area is 176 Å². The number of fused-ring (bicyclic) bond motifs is 3. The van der Waals surface area contributed by atoms with Crippen LogP contribution in [-0.2, 0) is 11.3 Å². The molecule has 0 aliphatic carbocycles. The molecule has 0 radical (unpaired) electrons. The Morgan fingerprint density at radius 2 is 1.79 bits per heavy atom. The van der Waals surface area contributed by atoms with Gasteiger partial charge >= 0.3 is 6.03 Å². The van der Waals surface area contributed by atoms with E-state index < -0.39 is 12.2 Å². The minimum absolute atomic E-state index is 0.211. The van der Waals surface area contributed by atoms with Crippen LogP contribution in [0.4, 0.5) is 4.79 Å². The van der Waals surface area contributed by atoms with Crippen molar-refractivity contribution in [3.05, 3.63) is 46.3 Å². The van der Waals surface area contributed by atoms with Gasteiger partial charge in [-0.1, -0.05) is 23.8 Å². The number of benzene rings is 1. The van der Waals surface area contributed by atoms with Gasteiger partial charge in [0.25, 0.3) is 5.91 Å². The molecule has 1 aromatic rings. The number of rotatable bonds is 4. The van der Waals surface area contributed by atoms with E-state index in [2.05, 4.69) is 0 Å². The van der Waals surface area contributed by atoms with Gasteiger partial charge in [-0.15, -0.1) is 11.6 Å². The fourth-order valence-electron chi connectivity index (χ4n) is 4.32. The van der Waals surface area contributed by atoms with E-state index in [-0.39, 0.29) is 18.5 Å². The standard InChI is InChI=1S/C21H26ClN5O2/c1-12-6-7-13(2)16(10-12)11-26-19(28)17-18(24(5)21(26)29)23-20-25(9-8-22)14(3)15(4)27(17)20/h6-7,10,17-18H,8-9,11H2,1-5H3. The highest BCUT2D eigenvalue weighted by molar-refractivity contribution is 6.18. The molecule has 8 heteroatoms. The summed E-state index contributed by atoms with van der Waals surface area (Å²) >= 11 is 5.98. The summed E-state index contributed by atoms with van der Waals surface area (Å²) in [6.07, 6.45) is -0.527. The van der Waals surface area contributed by atoms with E-state index in [1.807, 2.05) is 55.7 Å². The Bertz CT molecular complexity index is 956. The lowest BCUT2D eigenvalue weighted by Crippen LogP contribution is -2.64. The summed E-state index contributed by atoms with van der Waals surface area (Å²) in [5.74, 6) is 0.948. The zero-order valence-electron chi connectivity index (χ0n) is 17.4. The van der Waals surface area contributed by atoms with Crippen molar-refractivity contribution in [1.29, 1.82) is 0 Å². The van der Waals surface area contributed by atoms with Gasteiger partial charge in [0.05, 0.1) is 6.54 Å². The van der Waals surface area contributed by atoms with Gasteiger partial charge in [-0.3, -0.25) is 14.6 Å². The first-order valence-corrected chi connectivity index (χ1v) is 10.3. The van der Waals surface area contributed by atoms with E-state index in [1.165, 1.54) is 4.90 Å². The summed E-state index contributed by atoms with van der Waals surface area (Å²) in [5, 5.41) is 0. The van der Waals surface area contributed by atoms with E-state index >= 15 is 0 Å². The maximum Gasteiger partial charge on any atom is 0.328 e. The number of guanidine groups is 1. The van der Waals surface area contributed by atoms with Crippen LogP contribution in [-0.4, -0.2) is 69.2 Å². The summed E-state index contributed by atoms with van der Waals surface area (Å²) in [7, 11) is 1.71. The molecule has 3 aliphatic rings. The monoisotopic (exact) mass is 415 g/mol. The van der Waals surface area contributed by atoms with Crippen molar-refractivity contribution in [2.45, 2.75) is 46.4 Å². The minimum atomic E-state index is -0.548. The number of carbonyl (C=O) groups excluding carboxylic acids is 2. The van der Waals surface area contributed by atoms with E-state index in [1.54, 1.807) is 11.9 Å². The number of aryl methyl sites for hydroxylation is 2. The van der Waals surface area contributed by atoms with Gasteiger partial charge < -0.3 is 9.80 Å². The number of carbonyl (C=O) groups is 2. The predicted molar refractivity (Wildman–Crippen MR) is 112 cm³/mol. The van der Waals surface area contributed by atoms with Crippen LogP contribution in [0, 0.1) is 13.8 Å². The quantitative estimate of drug-likeness (QED) is 0.709. The van der Waals surface area contributed by atoms with Crippen LogP contribution < -0.4 is 0 Å². The molecule has 2 atom stereocenters. The molecule has 1 aromatic carbocycles.